The minimum absolute atomic E-state index is 0.0235. The van der Waals surface area contributed by atoms with Gasteiger partial charge in [-0.15, -0.1) is 0 Å². The van der Waals surface area contributed by atoms with Gasteiger partial charge in [0.25, 0.3) is 0 Å². The first-order valence-corrected chi connectivity index (χ1v) is 5.57. The Morgan fingerprint density at radius 1 is 1.31 bits per heavy atom. The van der Waals surface area contributed by atoms with Gasteiger partial charge in [-0.2, -0.15) is 0 Å². The van der Waals surface area contributed by atoms with Crippen LogP contribution in [0.5, 0.6) is 0 Å². The van der Waals surface area contributed by atoms with Crippen LogP contribution in [-0.4, -0.2) is 25.7 Å². The molecule has 0 aromatic heterocycles. The third-order valence-corrected chi connectivity index (χ3v) is 2.44. The topological polar surface area (TPSA) is 67.4 Å². The lowest BCUT2D eigenvalue weighted by Gasteiger charge is -2.06. The molecule has 0 radical (unpaired) electrons. The Balaban J connectivity index is 2.37. The summed E-state index contributed by atoms with van der Waals surface area (Å²) in [6.45, 7) is 0.0235. The number of hydrogen-bond donors (Lipinski definition) is 2. The molecular formula is C10H11IN2O3. The van der Waals surface area contributed by atoms with Crippen molar-refractivity contribution in [3.05, 3.63) is 27.8 Å². The first-order chi connectivity index (χ1) is 7.61. The van der Waals surface area contributed by atoms with Gasteiger partial charge in [0.2, 0.25) is 5.91 Å². The van der Waals surface area contributed by atoms with E-state index in [0.717, 1.165) is 9.26 Å². The van der Waals surface area contributed by atoms with E-state index < -0.39 is 12.0 Å². The molecule has 5 nitrogen and oxygen atoms in total. The van der Waals surface area contributed by atoms with Crippen molar-refractivity contribution in [2.75, 3.05) is 19.0 Å². The molecular weight excluding hydrogens is 323 g/mol. The van der Waals surface area contributed by atoms with Crippen molar-refractivity contribution in [3.8, 4) is 0 Å². The van der Waals surface area contributed by atoms with E-state index in [2.05, 4.69) is 32.6 Å². The van der Waals surface area contributed by atoms with Gasteiger partial charge in [0.15, 0.2) is 0 Å². The van der Waals surface area contributed by atoms with Crippen molar-refractivity contribution in [1.29, 1.82) is 0 Å². The standard InChI is InChI=1S/C10H11IN2O3/c1-16-10(15)13-9(14)6-12-8-4-2-7(11)3-5-8/h2-5,12H,6H2,1H3,(H,13,14,15). The van der Waals surface area contributed by atoms with Crippen LogP contribution in [0.4, 0.5) is 10.5 Å². The molecule has 6 heteroatoms. The number of methoxy groups -OCH3 is 1. The lowest BCUT2D eigenvalue weighted by Crippen LogP contribution is -2.34. The molecule has 0 aliphatic heterocycles. The van der Waals surface area contributed by atoms with E-state index in [1.807, 2.05) is 29.6 Å². The van der Waals surface area contributed by atoms with Gasteiger partial charge in [-0.1, -0.05) is 0 Å². The van der Waals surface area contributed by atoms with Gasteiger partial charge < -0.3 is 10.1 Å². The van der Waals surface area contributed by atoms with Crippen LogP contribution in [0.25, 0.3) is 0 Å². The molecule has 0 unspecified atom stereocenters. The Hall–Kier alpha value is -1.31. The number of rotatable bonds is 3. The quantitative estimate of drug-likeness (QED) is 0.824. The number of anilines is 1. The van der Waals surface area contributed by atoms with Crippen LogP contribution < -0.4 is 10.6 Å². The fourth-order valence-electron chi connectivity index (χ4n) is 0.959. The molecule has 2 amide bonds. The number of nitrogens with one attached hydrogen (secondary N) is 2. The summed E-state index contributed by atoms with van der Waals surface area (Å²) in [5.41, 5.74) is 0.820. The molecule has 0 heterocycles. The summed E-state index contributed by atoms with van der Waals surface area (Å²) < 4.78 is 5.40. The molecule has 0 bridgehead atoms. The molecule has 0 saturated carbocycles. The molecule has 0 fully saturated rings. The Labute approximate surface area is 107 Å². The van der Waals surface area contributed by atoms with E-state index in [1.165, 1.54) is 7.11 Å². The number of alkyl carbamates (subject to hydrolysis) is 1. The maximum atomic E-state index is 11.2. The predicted molar refractivity (Wildman–Crippen MR) is 68.2 cm³/mol. The highest BCUT2D eigenvalue weighted by molar-refractivity contribution is 14.1. The maximum Gasteiger partial charge on any atom is 0.413 e. The largest absolute Gasteiger partial charge is 0.453 e. The van der Waals surface area contributed by atoms with Crippen molar-refractivity contribution in [2.45, 2.75) is 0 Å². The van der Waals surface area contributed by atoms with Crippen LogP contribution in [0.2, 0.25) is 0 Å². The summed E-state index contributed by atoms with van der Waals surface area (Å²) in [6, 6.07) is 7.54. The monoisotopic (exact) mass is 334 g/mol. The van der Waals surface area contributed by atoms with Crippen molar-refractivity contribution >= 4 is 40.3 Å². The number of amides is 2. The van der Waals surface area contributed by atoms with Gasteiger partial charge in [0.05, 0.1) is 13.7 Å². The highest BCUT2D eigenvalue weighted by Gasteiger charge is 2.06. The zero-order chi connectivity index (χ0) is 12.0. The Bertz CT molecular complexity index is 378. The number of benzene rings is 1. The van der Waals surface area contributed by atoms with Crippen molar-refractivity contribution < 1.29 is 14.3 Å². The number of halogens is 1. The highest BCUT2D eigenvalue weighted by atomic mass is 127. The third-order valence-electron chi connectivity index (χ3n) is 1.72. The molecule has 0 atom stereocenters. The predicted octanol–water partition coefficient (Wildman–Crippen LogP) is 1.59. The summed E-state index contributed by atoms with van der Waals surface area (Å²) in [5.74, 6) is -0.439. The summed E-state index contributed by atoms with van der Waals surface area (Å²) in [7, 11) is 1.20. The minimum Gasteiger partial charge on any atom is -0.453 e. The maximum absolute atomic E-state index is 11.2. The molecule has 1 aromatic carbocycles. The van der Waals surface area contributed by atoms with Crippen molar-refractivity contribution in [3.63, 3.8) is 0 Å². The van der Waals surface area contributed by atoms with Crippen LogP contribution in [-0.2, 0) is 9.53 Å². The number of imide groups is 1. The number of ether oxygens (including phenoxy) is 1. The van der Waals surface area contributed by atoms with Gasteiger partial charge >= 0.3 is 6.09 Å². The average Bonchev–Trinajstić information content (AvgIpc) is 2.28. The molecule has 0 aliphatic rings. The second-order valence-electron chi connectivity index (χ2n) is 2.90. The fraction of sp³-hybridized carbons (Fsp3) is 0.200. The Morgan fingerprint density at radius 3 is 2.50 bits per heavy atom. The SMILES string of the molecule is COC(=O)NC(=O)CNc1ccc(I)cc1. The van der Waals surface area contributed by atoms with E-state index in [9.17, 15) is 9.59 Å². The molecule has 86 valence electrons. The second kappa shape index (κ2) is 6.31. The lowest BCUT2D eigenvalue weighted by atomic mass is 10.3. The first kappa shape index (κ1) is 12.8. The molecule has 0 spiro atoms. The van der Waals surface area contributed by atoms with Crippen LogP contribution in [0, 0.1) is 3.57 Å². The summed E-state index contributed by atoms with van der Waals surface area (Å²) in [5, 5.41) is 4.93. The molecule has 0 saturated heterocycles. The van der Waals surface area contributed by atoms with E-state index in [0.29, 0.717) is 0 Å². The van der Waals surface area contributed by atoms with Crippen LogP contribution >= 0.6 is 22.6 Å². The Kier molecular flexibility index (Phi) is 5.03. The smallest absolute Gasteiger partial charge is 0.413 e. The second-order valence-corrected chi connectivity index (χ2v) is 4.15. The lowest BCUT2D eigenvalue weighted by molar-refractivity contribution is -0.118. The molecule has 1 aromatic rings. The van der Waals surface area contributed by atoms with Gasteiger partial charge in [0.1, 0.15) is 0 Å². The fourth-order valence-corrected chi connectivity index (χ4v) is 1.32. The van der Waals surface area contributed by atoms with Gasteiger partial charge in [-0.05, 0) is 46.9 Å². The molecule has 0 aliphatic carbocycles. The van der Waals surface area contributed by atoms with E-state index in [-0.39, 0.29) is 6.54 Å². The number of carbonyl (C=O) groups excluding carboxylic acids is 2. The van der Waals surface area contributed by atoms with Gasteiger partial charge in [-0.25, -0.2) is 4.79 Å². The third kappa shape index (κ3) is 4.47. The molecule has 2 N–H and O–H groups in total. The van der Waals surface area contributed by atoms with E-state index in [1.54, 1.807) is 0 Å². The molecule has 1 rings (SSSR count). The Morgan fingerprint density at radius 2 is 1.94 bits per heavy atom. The van der Waals surface area contributed by atoms with Gasteiger partial charge in [-0.3, -0.25) is 10.1 Å². The zero-order valence-electron chi connectivity index (χ0n) is 8.62. The van der Waals surface area contributed by atoms with E-state index >= 15 is 0 Å². The summed E-state index contributed by atoms with van der Waals surface area (Å²) in [6.07, 6.45) is -0.755. The van der Waals surface area contributed by atoms with Crippen molar-refractivity contribution in [2.24, 2.45) is 0 Å². The summed E-state index contributed by atoms with van der Waals surface area (Å²) >= 11 is 2.19. The normalized spacial score (nSPS) is 9.38. The van der Waals surface area contributed by atoms with Crippen LogP contribution in [0.1, 0.15) is 0 Å². The molecule has 16 heavy (non-hydrogen) atoms. The average molecular weight is 334 g/mol. The zero-order valence-corrected chi connectivity index (χ0v) is 10.8. The number of carbonyl (C=O) groups is 2. The van der Waals surface area contributed by atoms with Crippen LogP contribution in [0.15, 0.2) is 24.3 Å². The number of hydrogen-bond acceptors (Lipinski definition) is 4. The summed E-state index contributed by atoms with van der Waals surface area (Å²) in [4.78, 5) is 21.9. The van der Waals surface area contributed by atoms with Crippen molar-refractivity contribution in [1.82, 2.24) is 5.32 Å². The van der Waals surface area contributed by atoms with Crippen LogP contribution in [0.3, 0.4) is 0 Å². The first-order valence-electron chi connectivity index (χ1n) is 4.49. The van der Waals surface area contributed by atoms with Gasteiger partial charge in [0, 0.05) is 9.26 Å². The van der Waals surface area contributed by atoms with E-state index in [4.69, 9.17) is 0 Å². The highest BCUT2D eigenvalue weighted by Crippen LogP contribution is 2.10. The minimum atomic E-state index is -0.755.